The summed E-state index contributed by atoms with van der Waals surface area (Å²) in [5.41, 5.74) is 1.48. The Balaban J connectivity index is 1.39. The third kappa shape index (κ3) is 2.79. The van der Waals surface area contributed by atoms with Crippen LogP contribution in [0.3, 0.4) is 0 Å². The van der Waals surface area contributed by atoms with Crippen LogP contribution in [0.5, 0.6) is 0 Å². The Bertz CT molecular complexity index is 768. The van der Waals surface area contributed by atoms with Gasteiger partial charge in [0.25, 0.3) is 0 Å². The Morgan fingerprint density at radius 2 is 2.24 bits per heavy atom. The van der Waals surface area contributed by atoms with Gasteiger partial charge in [-0.2, -0.15) is 16.4 Å². The normalized spacial score (nSPS) is 29.0. The van der Waals surface area contributed by atoms with E-state index < -0.39 is 0 Å². The number of thiophene rings is 1. The molecule has 4 heterocycles. The number of rotatable bonds is 4. The molecule has 0 bridgehead atoms. The first-order valence-corrected chi connectivity index (χ1v) is 10.1. The minimum absolute atomic E-state index is 0.00988. The number of nitrogens with zero attached hydrogens (tertiary/aromatic N) is 4. The third-order valence-corrected chi connectivity index (χ3v) is 6.76. The van der Waals surface area contributed by atoms with E-state index in [4.69, 9.17) is 0 Å². The van der Waals surface area contributed by atoms with Crippen LogP contribution in [0, 0.1) is 11.3 Å². The first-order valence-electron chi connectivity index (χ1n) is 9.15. The summed E-state index contributed by atoms with van der Waals surface area (Å²) in [6.45, 7) is 4.00. The van der Waals surface area contributed by atoms with Crippen LogP contribution in [0.2, 0.25) is 0 Å². The fourth-order valence-electron chi connectivity index (χ4n) is 4.44. The van der Waals surface area contributed by atoms with E-state index in [1.54, 1.807) is 17.7 Å². The lowest BCUT2D eigenvalue weighted by Gasteiger charge is -2.41. The molecule has 5 rings (SSSR count). The molecule has 1 saturated carbocycles. The number of aryl methyl sites for hydroxylation is 1. The first kappa shape index (κ1) is 15.5. The van der Waals surface area contributed by atoms with Gasteiger partial charge in [-0.25, -0.2) is 9.67 Å². The fraction of sp³-hybridized carbons (Fsp3) is 0.611. The van der Waals surface area contributed by atoms with Gasteiger partial charge in [-0.1, -0.05) is 0 Å². The lowest BCUT2D eigenvalue weighted by Crippen LogP contribution is -2.47. The highest BCUT2D eigenvalue weighted by atomic mass is 32.1. The zero-order valence-electron chi connectivity index (χ0n) is 14.2. The zero-order chi connectivity index (χ0) is 16.9. The molecule has 1 spiro atoms. The van der Waals surface area contributed by atoms with Crippen LogP contribution in [0.15, 0.2) is 23.2 Å². The number of hydrogen-bond donors (Lipinski definition) is 1. The molecule has 2 aromatic rings. The standard InChI is InChI=1S/C18H23N5OS/c24-17(14-1-2-14)21-15-16-19-12-20-23(16)7-5-18(15)4-6-22(11-18)9-13-3-8-25-10-13/h3,8,10,12,14-15H,1-2,4-7,9,11H2,(H,21,24)/t15-,18-/m1/s1. The van der Waals surface area contributed by atoms with Crippen molar-refractivity contribution in [1.82, 2.24) is 25.0 Å². The lowest BCUT2D eigenvalue weighted by molar-refractivity contribution is -0.124. The van der Waals surface area contributed by atoms with Gasteiger partial charge in [0.1, 0.15) is 12.2 Å². The van der Waals surface area contributed by atoms with Crippen molar-refractivity contribution in [3.05, 3.63) is 34.5 Å². The molecule has 7 heteroatoms. The van der Waals surface area contributed by atoms with Gasteiger partial charge in [0.2, 0.25) is 5.91 Å². The minimum Gasteiger partial charge on any atom is -0.345 e. The van der Waals surface area contributed by atoms with Crippen molar-refractivity contribution >= 4 is 17.2 Å². The number of fused-ring (bicyclic) bond motifs is 1. The van der Waals surface area contributed by atoms with Crippen LogP contribution in [-0.4, -0.2) is 38.7 Å². The molecule has 0 unspecified atom stereocenters. The Hall–Kier alpha value is -1.73. The molecule has 3 aliphatic rings. The number of nitrogens with one attached hydrogen (secondary N) is 1. The van der Waals surface area contributed by atoms with Crippen molar-refractivity contribution in [2.24, 2.45) is 11.3 Å². The smallest absolute Gasteiger partial charge is 0.223 e. The second-order valence-electron chi connectivity index (χ2n) is 7.76. The Kier molecular flexibility index (Phi) is 3.67. The zero-order valence-corrected chi connectivity index (χ0v) is 15.0. The summed E-state index contributed by atoms with van der Waals surface area (Å²) >= 11 is 1.76. The SMILES string of the molecule is O=C(N[C@@H]1c2ncnn2CC[C@@]12CCN(Cc1ccsc1)C2)C1CC1. The summed E-state index contributed by atoms with van der Waals surface area (Å²) in [6, 6.07) is 2.20. The number of hydrogen-bond acceptors (Lipinski definition) is 5. The summed E-state index contributed by atoms with van der Waals surface area (Å²) in [6.07, 6.45) is 5.85. The Morgan fingerprint density at radius 1 is 1.36 bits per heavy atom. The number of amides is 1. The average Bonchev–Trinajstić information content (AvgIpc) is 2.99. The predicted molar refractivity (Wildman–Crippen MR) is 94.9 cm³/mol. The van der Waals surface area contributed by atoms with E-state index in [1.807, 2.05) is 4.68 Å². The monoisotopic (exact) mass is 357 g/mol. The molecule has 1 saturated heterocycles. The van der Waals surface area contributed by atoms with E-state index in [1.165, 1.54) is 5.56 Å². The van der Waals surface area contributed by atoms with Crippen molar-refractivity contribution in [3.8, 4) is 0 Å². The van der Waals surface area contributed by atoms with E-state index in [-0.39, 0.29) is 23.3 Å². The van der Waals surface area contributed by atoms with Gasteiger partial charge < -0.3 is 5.32 Å². The van der Waals surface area contributed by atoms with Crippen LogP contribution >= 0.6 is 11.3 Å². The van der Waals surface area contributed by atoms with Gasteiger partial charge in [-0.05, 0) is 54.6 Å². The number of carbonyl (C=O) groups is 1. The van der Waals surface area contributed by atoms with Crippen LogP contribution < -0.4 is 5.32 Å². The van der Waals surface area contributed by atoms with Gasteiger partial charge in [-0.3, -0.25) is 9.69 Å². The van der Waals surface area contributed by atoms with Gasteiger partial charge in [0.05, 0.1) is 6.04 Å². The van der Waals surface area contributed by atoms with E-state index in [9.17, 15) is 4.79 Å². The summed E-state index contributed by atoms with van der Waals surface area (Å²) in [4.78, 5) is 19.5. The maximum absolute atomic E-state index is 12.5. The molecule has 2 aliphatic heterocycles. The Morgan fingerprint density at radius 3 is 3.04 bits per heavy atom. The highest BCUT2D eigenvalue weighted by molar-refractivity contribution is 7.07. The summed E-state index contributed by atoms with van der Waals surface area (Å²) in [7, 11) is 0. The molecule has 1 amide bonds. The van der Waals surface area contributed by atoms with E-state index >= 15 is 0 Å². The highest BCUT2D eigenvalue weighted by Crippen LogP contribution is 2.48. The van der Waals surface area contributed by atoms with Gasteiger partial charge in [0.15, 0.2) is 0 Å². The number of carbonyl (C=O) groups excluding carboxylic acids is 1. The van der Waals surface area contributed by atoms with Crippen molar-refractivity contribution < 1.29 is 4.79 Å². The van der Waals surface area contributed by atoms with E-state index in [0.717, 1.165) is 57.7 Å². The first-order chi connectivity index (χ1) is 12.2. The highest BCUT2D eigenvalue weighted by Gasteiger charge is 2.50. The quantitative estimate of drug-likeness (QED) is 0.911. The van der Waals surface area contributed by atoms with E-state index in [0.29, 0.717) is 0 Å². The molecular formula is C18H23N5OS. The molecule has 2 aromatic heterocycles. The van der Waals surface area contributed by atoms with Crippen LogP contribution in [0.1, 0.15) is 43.1 Å². The molecule has 2 atom stereocenters. The summed E-state index contributed by atoms with van der Waals surface area (Å²) < 4.78 is 1.98. The summed E-state index contributed by atoms with van der Waals surface area (Å²) in [5, 5.41) is 12.1. The Labute approximate surface area is 151 Å². The third-order valence-electron chi connectivity index (χ3n) is 6.02. The molecule has 1 aliphatic carbocycles. The second-order valence-corrected chi connectivity index (χ2v) is 8.54. The largest absolute Gasteiger partial charge is 0.345 e. The van der Waals surface area contributed by atoms with Gasteiger partial charge in [-0.15, -0.1) is 0 Å². The van der Waals surface area contributed by atoms with Gasteiger partial charge >= 0.3 is 0 Å². The number of likely N-dealkylation sites (tertiary alicyclic amines) is 1. The fourth-order valence-corrected chi connectivity index (χ4v) is 5.10. The van der Waals surface area contributed by atoms with Crippen molar-refractivity contribution in [1.29, 1.82) is 0 Å². The molecule has 6 nitrogen and oxygen atoms in total. The molecule has 25 heavy (non-hydrogen) atoms. The molecule has 0 aromatic carbocycles. The molecular weight excluding hydrogens is 334 g/mol. The molecule has 0 radical (unpaired) electrons. The van der Waals surface area contributed by atoms with E-state index in [2.05, 4.69) is 37.1 Å². The van der Waals surface area contributed by atoms with Crippen LogP contribution in [-0.2, 0) is 17.9 Å². The molecule has 1 N–H and O–H groups in total. The topological polar surface area (TPSA) is 63.1 Å². The summed E-state index contributed by atoms with van der Waals surface area (Å²) in [5.74, 6) is 1.37. The van der Waals surface area contributed by atoms with Crippen LogP contribution in [0.4, 0.5) is 0 Å². The lowest BCUT2D eigenvalue weighted by atomic mass is 9.74. The average molecular weight is 357 g/mol. The van der Waals surface area contributed by atoms with Crippen molar-refractivity contribution in [2.45, 2.75) is 44.8 Å². The minimum atomic E-state index is -0.00988. The second kappa shape index (κ2) is 5.92. The predicted octanol–water partition coefficient (Wildman–Crippen LogP) is 2.20. The maximum atomic E-state index is 12.5. The van der Waals surface area contributed by atoms with Gasteiger partial charge in [0, 0.05) is 31.0 Å². The maximum Gasteiger partial charge on any atom is 0.223 e. The van der Waals surface area contributed by atoms with Crippen molar-refractivity contribution in [3.63, 3.8) is 0 Å². The van der Waals surface area contributed by atoms with Crippen molar-refractivity contribution in [2.75, 3.05) is 13.1 Å². The molecule has 2 fully saturated rings. The number of aromatic nitrogens is 3. The van der Waals surface area contributed by atoms with Crippen LogP contribution in [0.25, 0.3) is 0 Å². The molecule has 132 valence electrons.